The van der Waals surface area contributed by atoms with E-state index >= 15 is 0 Å². The second-order valence-corrected chi connectivity index (χ2v) is 6.31. The maximum Gasteiger partial charge on any atom is 0.335 e. The molecule has 4 nitrogen and oxygen atoms in total. The lowest BCUT2D eigenvalue weighted by Gasteiger charge is -2.43. The van der Waals surface area contributed by atoms with Crippen molar-refractivity contribution in [3.05, 3.63) is 35.1 Å². The van der Waals surface area contributed by atoms with E-state index in [2.05, 4.69) is 19.2 Å². The molecule has 0 atom stereocenters. The van der Waals surface area contributed by atoms with Gasteiger partial charge in [0.2, 0.25) is 0 Å². The van der Waals surface area contributed by atoms with Gasteiger partial charge in [-0.15, -0.1) is 0 Å². The van der Waals surface area contributed by atoms with Crippen LogP contribution in [0.5, 0.6) is 0 Å². The second kappa shape index (κ2) is 4.88. The molecule has 1 aliphatic carbocycles. The fourth-order valence-electron chi connectivity index (χ4n) is 3.33. The van der Waals surface area contributed by atoms with Crippen LogP contribution in [-0.2, 0) is 5.54 Å². The smallest absolute Gasteiger partial charge is 0.335 e. The van der Waals surface area contributed by atoms with E-state index in [-0.39, 0.29) is 5.54 Å². The molecule has 2 aromatic rings. The summed E-state index contributed by atoms with van der Waals surface area (Å²) in [4.78, 5) is 11.1. The van der Waals surface area contributed by atoms with E-state index in [1.165, 1.54) is 6.42 Å². The van der Waals surface area contributed by atoms with E-state index in [0.717, 1.165) is 35.1 Å². The molecule has 4 heteroatoms. The summed E-state index contributed by atoms with van der Waals surface area (Å²) in [6.45, 7) is 6.30. The average molecular weight is 287 g/mol. The van der Waals surface area contributed by atoms with Crippen molar-refractivity contribution in [2.45, 2.75) is 51.6 Å². The van der Waals surface area contributed by atoms with Crippen molar-refractivity contribution in [2.24, 2.45) is 0 Å². The largest absolute Gasteiger partial charge is 0.478 e. The molecule has 0 aliphatic heterocycles. The third kappa shape index (κ3) is 2.23. The van der Waals surface area contributed by atoms with Gasteiger partial charge in [0.1, 0.15) is 11.3 Å². The summed E-state index contributed by atoms with van der Waals surface area (Å²) in [7, 11) is 0. The predicted molar refractivity (Wildman–Crippen MR) is 81.7 cm³/mol. The van der Waals surface area contributed by atoms with Gasteiger partial charge in [0.05, 0.1) is 11.1 Å². The van der Waals surface area contributed by atoms with Gasteiger partial charge in [-0.05, 0) is 58.2 Å². The van der Waals surface area contributed by atoms with Crippen molar-refractivity contribution >= 4 is 16.9 Å². The SMILES string of the molecule is Cc1c(C2(NC(C)C)CCC2)oc2ccc(C(=O)O)cc12. The first kappa shape index (κ1) is 14.1. The Morgan fingerprint density at radius 2 is 2.10 bits per heavy atom. The molecule has 1 saturated carbocycles. The number of benzene rings is 1. The average Bonchev–Trinajstić information content (AvgIpc) is 2.71. The Bertz CT molecular complexity index is 695. The molecule has 1 aromatic heterocycles. The number of fused-ring (bicyclic) bond motifs is 1. The van der Waals surface area contributed by atoms with E-state index in [9.17, 15) is 4.79 Å². The monoisotopic (exact) mass is 287 g/mol. The summed E-state index contributed by atoms with van der Waals surface area (Å²) in [6.07, 6.45) is 3.33. The van der Waals surface area contributed by atoms with Crippen LogP contribution < -0.4 is 5.32 Å². The Balaban J connectivity index is 2.11. The predicted octanol–water partition coefficient (Wildman–Crippen LogP) is 3.82. The number of furan rings is 1. The molecule has 1 aromatic carbocycles. The van der Waals surface area contributed by atoms with Crippen LogP contribution in [0.2, 0.25) is 0 Å². The van der Waals surface area contributed by atoms with Crippen LogP contribution in [0.25, 0.3) is 11.0 Å². The van der Waals surface area contributed by atoms with Crippen molar-refractivity contribution in [2.75, 3.05) is 0 Å². The summed E-state index contributed by atoms with van der Waals surface area (Å²) in [5, 5.41) is 13.7. The number of aromatic carboxylic acids is 1. The van der Waals surface area contributed by atoms with E-state index in [1.807, 2.05) is 6.92 Å². The number of hydrogen-bond acceptors (Lipinski definition) is 3. The summed E-state index contributed by atoms with van der Waals surface area (Å²) in [5.41, 5.74) is 2.04. The lowest BCUT2D eigenvalue weighted by molar-refractivity contribution is 0.0697. The zero-order valence-electron chi connectivity index (χ0n) is 12.7. The molecular formula is C17H21NO3. The Morgan fingerprint density at radius 1 is 1.38 bits per heavy atom. The maximum absolute atomic E-state index is 11.1. The van der Waals surface area contributed by atoms with Gasteiger partial charge in [0.15, 0.2) is 0 Å². The zero-order valence-corrected chi connectivity index (χ0v) is 12.7. The van der Waals surface area contributed by atoms with Crippen LogP contribution in [0.4, 0.5) is 0 Å². The second-order valence-electron chi connectivity index (χ2n) is 6.31. The van der Waals surface area contributed by atoms with Crippen LogP contribution in [0, 0.1) is 6.92 Å². The van der Waals surface area contributed by atoms with Gasteiger partial charge in [-0.2, -0.15) is 0 Å². The summed E-state index contributed by atoms with van der Waals surface area (Å²) in [6, 6.07) is 5.45. The Morgan fingerprint density at radius 3 is 2.62 bits per heavy atom. The molecule has 1 fully saturated rings. The highest BCUT2D eigenvalue weighted by Crippen LogP contribution is 2.45. The molecular weight excluding hydrogens is 266 g/mol. The van der Waals surface area contributed by atoms with Crippen LogP contribution >= 0.6 is 0 Å². The first-order valence-corrected chi connectivity index (χ1v) is 7.47. The number of nitrogens with one attached hydrogen (secondary N) is 1. The minimum Gasteiger partial charge on any atom is -0.478 e. The first-order valence-electron chi connectivity index (χ1n) is 7.47. The van der Waals surface area contributed by atoms with Gasteiger partial charge in [0.25, 0.3) is 0 Å². The topological polar surface area (TPSA) is 62.5 Å². The van der Waals surface area contributed by atoms with E-state index in [4.69, 9.17) is 9.52 Å². The Kier molecular flexibility index (Phi) is 3.29. The minimum absolute atomic E-state index is 0.0827. The number of aryl methyl sites for hydroxylation is 1. The normalized spacial score (nSPS) is 17.1. The zero-order chi connectivity index (χ0) is 15.2. The van der Waals surface area contributed by atoms with Gasteiger partial charge < -0.3 is 14.8 Å². The van der Waals surface area contributed by atoms with Gasteiger partial charge in [-0.1, -0.05) is 0 Å². The molecule has 112 valence electrons. The van der Waals surface area contributed by atoms with Crippen LogP contribution in [0.3, 0.4) is 0 Å². The van der Waals surface area contributed by atoms with Crippen molar-refractivity contribution < 1.29 is 14.3 Å². The highest BCUT2D eigenvalue weighted by atomic mass is 16.4. The minimum atomic E-state index is -0.905. The van der Waals surface area contributed by atoms with Gasteiger partial charge >= 0.3 is 5.97 Å². The molecule has 21 heavy (non-hydrogen) atoms. The van der Waals surface area contributed by atoms with Crippen molar-refractivity contribution in [1.82, 2.24) is 5.32 Å². The fourth-order valence-corrected chi connectivity index (χ4v) is 3.33. The van der Waals surface area contributed by atoms with Crippen LogP contribution in [0.1, 0.15) is 54.8 Å². The number of carbonyl (C=O) groups is 1. The molecule has 0 amide bonds. The fraction of sp³-hybridized carbons (Fsp3) is 0.471. The Hall–Kier alpha value is -1.81. The van der Waals surface area contributed by atoms with Crippen molar-refractivity contribution in [3.8, 4) is 0 Å². The number of carboxylic acid groups (broad SMARTS) is 1. The first-order chi connectivity index (χ1) is 9.93. The molecule has 3 rings (SSSR count). The Labute approximate surface area is 124 Å². The quantitative estimate of drug-likeness (QED) is 0.897. The van der Waals surface area contributed by atoms with Crippen molar-refractivity contribution in [1.29, 1.82) is 0 Å². The molecule has 1 aliphatic rings. The molecule has 2 N–H and O–H groups in total. The lowest BCUT2D eigenvalue weighted by atomic mass is 9.73. The summed E-state index contributed by atoms with van der Waals surface area (Å²) >= 11 is 0. The summed E-state index contributed by atoms with van der Waals surface area (Å²) in [5.74, 6) is 0.0673. The molecule has 0 spiro atoms. The molecule has 0 bridgehead atoms. The lowest BCUT2D eigenvalue weighted by Crippen LogP contribution is -2.51. The van der Waals surface area contributed by atoms with Crippen LogP contribution in [-0.4, -0.2) is 17.1 Å². The van der Waals surface area contributed by atoms with Crippen LogP contribution in [0.15, 0.2) is 22.6 Å². The molecule has 0 saturated heterocycles. The van der Waals surface area contributed by atoms with E-state index in [0.29, 0.717) is 11.6 Å². The molecule has 1 heterocycles. The third-order valence-corrected chi connectivity index (χ3v) is 4.39. The highest BCUT2D eigenvalue weighted by molar-refractivity contribution is 5.94. The number of carboxylic acids is 1. The van der Waals surface area contributed by atoms with E-state index < -0.39 is 5.97 Å². The van der Waals surface area contributed by atoms with Gasteiger partial charge in [-0.3, -0.25) is 0 Å². The highest BCUT2D eigenvalue weighted by Gasteiger charge is 2.43. The summed E-state index contributed by atoms with van der Waals surface area (Å²) < 4.78 is 6.09. The van der Waals surface area contributed by atoms with Crippen molar-refractivity contribution in [3.63, 3.8) is 0 Å². The maximum atomic E-state index is 11.1. The molecule has 0 radical (unpaired) electrons. The van der Waals surface area contributed by atoms with E-state index in [1.54, 1.807) is 18.2 Å². The van der Waals surface area contributed by atoms with Gasteiger partial charge in [-0.25, -0.2) is 4.79 Å². The van der Waals surface area contributed by atoms with Gasteiger partial charge in [0, 0.05) is 17.0 Å². The number of rotatable bonds is 4. The molecule has 0 unspecified atom stereocenters. The standard InChI is InChI=1S/C17H21NO3/c1-10(2)18-17(7-4-8-17)15-11(3)13-9-12(16(19)20)5-6-14(13)21-15/h5-6,9-10,18H,4,7-8H2,1-3H3,(H,19,20). The third-order valence-electron chi connectivity index (χ3n) is 4.39. The number of hydrogen-bond donors (Lipinski definition) is 2.